The van der Waals surface area contributed by atoms with Gasteiger partial charge >= 0.3 is 0 Å². The minimum atomic E-state index is 0.312. The maximum atomic E-state index is 8.63. The summed E-state index contributed by atoms with van der Waals surface area (Å²) in [4.78, 5) is 0. The van der Waals surface area contributed by atoms with Gasteiger partial charge < -0.3 is 0 Å². The lowest BCUT2D eigenvalue weighted by atomic mass is 10.00. The first-order chi connectivity index (χ1) is 5.35. The standard InChI is InChI=1S/C10H19N/c1-3-5-6-7-8-10(4-2)9-11/h10H,3-8H2,1-2H3. The third kappa shape index (κ3) is 5.91. The predicted molar refractivity (Wildman–Crippen MR) is 48.2 cm³/mol. The van der Waals surface area contributed by atoms with Crippen molar-refractivity contribution < 1.29 is 0 Å². The minimum absolute atomic E-state index is 0.312. The molecule has 0 aromatic rings. The quantitative estimate of drug-likeness (QED) is 0.536. The topological polar surface area (TPSA) is 23.8 Å². The molecule has 1 nitrogen and oxygen atoms in total. The van der Waals surface area contributed by atoms with E-state index in [1.807, 2.05) is 0 Å². The first-order valence-corrected chi connectivity index (χ1v) is 4.74. The first kappa shape index (κ1) is 10.5. The summed E-state index contributed by atoms with van der Waals surface area (Å²) in [7, 11) is 0. The van der Waals surface area contributed by atoms with Gasteiger partial charge in [0.2, 0.25) is 0 Å². The molecule has 0 saturated heterocycles. The van der Waals surface area contributed by atoms with Gasteiger partial charge in [0.1, 0.15) is 0 Å². The molecule has 0 aliphatic carbocycles. The number of nitriles is 1. The molecule has 0 aliphatic heterocycles. The molecule has 1 heteroatoms. The molecular weight excluding hydrogens is 134 g/mol. The average molecular weight is 153 g/mol. The monoisotopic (exact) mass is 153 g/mol. The SMILES string of the molecule is CCCCCCC(C#N)CC. The highest BCUT2D eigenvalue weighted by Crippen LogP contribution is 2.12. The smallest absolute Gasteiger partial charge is 0.0655 e. The van der Waals surface area contributed by atoms with Crippen molar-refractivity contribution in [2.45, 2.75) is 52.4 Å². The second-order valence-corrected chi connectivity index (χ2v) is 3.08. The van der Waals surface area contributed by atoms with Crippen molar-refractivity contribution >= 4 is 0 Å². The third-order valence-corrected chi connectivity index (χ3v) is 2.08. The van der Waals surface area contributed by atoms with Crippen molar-refractivity contribution in [2.24, 2.45) is 5.92 Å². The Labute approximate surface area is 70.4 Å². The summed E-state index contributed by atoms with van der Waals surface area (Å²) in [6.07, 6.45) is 7.26. The van der Waals surface area contributed by atoms with E-state index >= 15 is 0 Å². The summed E-state index contributed by atoms with van der Waals surface area (Å²) in [5.41, 5.74) is 0. The second kappa shape index (κ2) is 7.60. The molecule has 0 radical (unpaired) electrons. The summed E-state index contributed by atoms with van der Waals surface area (Å²) in [6, 6.07) is 2.33. The molecule has 0 spiro atoms. The van der Waals surface area contributed by atoms with E-state index in [0.29, 0.717) is 5.92 Å². The maximum Gasteiger partial charge on any atom is 0.0655 e. The van der Waals surface area contributed by atoms with E-state index in [1.165, 1.54) is 25.7 Å². The highest BCUT2D eigenvalue weighted by molar-refractivity contribution is 4.80. The van der Waals surface area contributed by atoms with Gasteiger partial charge in [0.25, 0.3) is 0 Å². The minimum Gasteiger partial charge on any atom is -0.198 e. The zero-order chi connectivity index (χ0) is 8.53. The number of nitrogens with zero attached hydrogens (tertiary/aromatic N) is 1. The number of hydrogen-bond acceptors (Lipinski definition) is 1. The predicted octanol–water partition coefficient (Wildman–Crippen LogP) is 3.51. The van der Waals surface area contributed by atoms with Crippen molar-refractivity contribution in [3.05, 3.63) is 0 Å². The molecule has 0 fully saturated rings. The Balaban J connectivity index is 3.16. The van der Waals surface area contributed by atoms with E-state index in [2.05, 4.69) is 19.9 Å². The Morgan fingerprint density at radius 1 is 1.18 bits per heavy atom. The molecule has 0 bridgehead atoms. The van der Waals surface area contributed by atoms with Gasteiger partial charge in [-0.3, -0.25) is 0 Å². The Kier molecular flexibility index (Phi) is 7.24. The van der Waals surface area contributed by atoms with E-state index in [0.717, 1.165) is 12.8 Å². The molecule has 64 valence electrons. The van der Waals surface area contributed by atoms with Gasteiger partial charge in [-0.15, -0.1) is 0 Å². The van der Waals surface area contributed by atoms with Crippen LogP contribution in [-0.2, 0) is 0 Å². The summed E-state index contributed by atoms with van der Waals surface area (Å²) in [5, 5.41) is 8.63. The summed E-state index contributed by atoms with van der Waals surface area (Å²) in [6.45, 7) is 4.30. The zero-order valence-corrected chi connectivity index (χ0v) is 7.77. The van der Waals surface area contributed by atoms with Gasteiger partial charge in [0.05, 0.1) is 6.07 Å². The van der Waals surface area contributed by atoms with E-state index in [-0.39, 0.29) is 0 Å². The third-order valence-electron chi connectivity index (χ3n) is 2.08. The van der Waals surface area contributed by atoms with Crippen LogP contribution in [0.25, 0.3) is 0 Å². The highest BCUT2D eigenvalue weighted by Gasteiger charge is 2.02. The van der Waals surface area contributed by atoms with Crippen molar-refractivity contribution in [1.29, 1.82) is 5.26 Å². The molecule has 0 N–H and O–H groups in total. The highest BCUT2D eigenvalue weighted by atomic mass is 14.3. The number of unbranched alkanes of at least 4 members (excludes halogenated alkanes) is 3. The van der Waals surface area contributed by atoms with Crippen LogP contribution in [0, 0.1) is 17.2 Å². The molecular formula is C10H19N. The lowest BCUT2D eigenvalue weighted by Crippen LogP contribution is -1.93. The Bertz CT molecular complexity index is 113. The van der Waals surface area contributed by atoms with Crippen molar-refractivity contribution in [3.63, 3.8) is 0 Å². The van der Waals surface area contributed by atoms with E-state index in [4.69, 9.17) is 5.26 Å². The van der Waals surface area contributed by atoms with Gasteiger partial charge in [-0.05, 0) is 12.8 Å². The molecule has 0 heterocycles. The van der Waals surface area contributed by atoms with Crippen LogP contribution in [0.15, 0.2) is 0 Å². The van der Waals surface area contributed by atoms with E-state index < -0.39 is 0 Å². The Morgan fingerprint density at radius 3 is 2.36 bits per heavy atom. The van der Waals surface area contributed by atoms with Crippen LogP contribution in [0.4, 0.5) is 0 Å². The maximum absolute atomic E-state index is 8.63. The molecule has 0 aliphatic rings. The van der Waals surface area contributed by atoms with Crippen molar-refractivity contribution in [3.8, 4) is 6.07 Å². The van der Waals surface area contributed by atoms with Gasteiger partial charge in [-0.25, -0.2) is 0 Å². The summed E-state index contributed by atoms with van der Waals surface area (Å²) in [5.74, 6) is 0.312. The van der Waals surface area contributed by atoms with Crippen molar-refractivity contribution in [2.75, 3.05) is 0 Å². The van der Waals surface area contributed by atoms with Crippen molar-refractivity contribution in [1.82, 2.24) is 0 Å². The van der Waals surface area contributed by atoms with E-state index in [1.54, 1.807) is 0 Å². The fourth-order valence-electron chi connectivity index (χ4n) is 1.18. The van der Waals surface area contributed by atoms with Gasteiger partial charge in [0, 0.05) is 5.92 Å². The number of rotatable bonds is 6. The van der Waals surface area contributed by atoms with Gasteiger partial charge in [0.15, 0.2) is 0 Å². The van der Waals surface area contributed by atoms with E-state index in [9.17, 15) is 0 Å². The largest absolute Gasteiger partial charge is 0.198 e. The molecule has 0 saturated carbocycles. The molecule has 1 unspecified atom stereocenters. The Morgan fingerprint density at radius 2 is 1.91 bits per heavy atom. The lowest BCUT2D eigenvalue weighted by molar-refractivity contribution is 0.527. The normalized spacial score (nSPS) is 12.5. The average Bonchev–Trinajstić information content (AvgIpc) is 2.05. The first-order valence-electron chi connectivity index (χ1n) is 4.74. The fourth-order valence-corrected chi connectivity index (χ4v) is 1.18. The van der Waals surface area contributed by atoms with Crippen LogP contribution in [0.1, 0.15) is 52.4 Å². The molecule has 0 aromatic heterocycles. The Hall–Kier alpha value is -0.510. The molecule has 0 amide bonds. The van der Waals surface area contributed by atoms with Crippen LogP contribution < -0.4 is 0 Å². The fraction of sp³-hybridized carbons (Fsp3) is 0.900. The van der Waals surface area contributed by atoms with Crippen LogP contribution in [0.2, 0.25) is 0 Å². The molecule has 1 atom stereocenters. The zero-order valence-electron chi connectivity index (χ0n) is 7.77. The van der Waals surface area contributed by atoms with Crippen LogP contribution in [0.5, 0.6) is 0 Å². The summed E-state index contributed by atoms with van der Waals surface area (Å²) >= 11 is 0. The van der Waals surface area contributed by atoms with Gasteiger partial charge in [-0.2, -0.15) is 5.26 Å². The number of hydrogen-bond donors (Lipinski definition) is 0. The van der Waals surface area contributed by atoms with Gasteiger partial charge in [-0.1, -0.05) is 39.5 Å². The van der Waals surface area contributed by atoms with Crippen LogP contribution in [0.3, 0.4) is 0 Å². The van der Waals surface area contributed by atoms with Crippen LogP contribution in [-0.4, -0.2) is 0 Å². The molecule has 0 aromatic carbocycles. The second-order valence-electron chi connectivity index (χ2n) is 3.08. The molecule has 0 rings (SSSR count). The van der Waals surface area contributed by atoms with Crippen LogP contribution >= 0.6 is 0 Å². The molecule has 11 heavy (non-hydrogen) atoms. The summed E-state index contributed by atoms with van der Waals surface area (Å²) < 4.78 is 0. The lowest BCUT2D eigenvalue weighted by Gasteiger charge is -2.03.